The largest absolute Gasteiger partial charge is 0.493 e. The maximum atomic E-state index is 12.9. The van der Waals surface area contributed by atoms with Crippen molar-refractivity contribution in [3.63, 3.8) is 0 Å². The Hall–Kier alpha value is -3.86. The maximum absolute atomic E-state index is 12.9. The average Bonchev–Trinajstić information content (AvgIpc) is 3.14. The molecule has 0 unspecified atom stereocenters. The van der Waals surface area contributed by atoms with Gasteiger partial charge in [0.1, 0.15) is 0 Å². The first-order valence-electron chi connectivity index (χ1n) is 10.5. The van der Waals surface area contributed by atoms with E-state index in [-0.39, 0.29) is 34.2 Å². The number of benzene rings is 3. The van der Waals surface area contributed by atoms with Gasteiger partial charge in [-0.2, -0.15) is 0 Å². The number of hydrogen-bond donors (Lipinski definition) is 0. The van der Waals surface area contributed by atoms with Gasteiger partial charge in [0.05, 0.1) is 39.1 Å². The van der Waals surface area contributed by atoms with Gasteiger partial charge < -0.3 is 9.47 Å². The second-order valence-corrected chi connectivity index (χ2v) is 9.43. The lowest BCUT2D eigenvalue weighted by atomic mass is 10.1. The van der Waals surface area contributed by atoms with E-state index in [0.717, 1.165) is 22.7 Å². The predicted octanol–water partition coefficient (Wildman–Crippen LogP) is 6.37. The zero-order valence-electron chi connectivity index (χ0n) is 19.0. The molecule has 1 fully saturated rings. The fraction of sp³-hybridized carbons (Fsp3) is 0.0800. The van der Waals surface area contributed by atoms with Crippen molar-refractivity contribution in [2.45, 2.75) is 6.54 Å². The van der Waals surface area contributed by atoms with Crippen LogP contribution in [-0.4, -0.2) is 34.0 Å². The van der Waals surface area contributed by atoms with Crippen molar-refractivity contribution in [3.05, 3.63) is 102 Å². The summed E-state index contributed by atoms with van der Waals surface area (Å²) in [6, 6.07) is 14.6. The van der Waals surface area contributed by atoms with Crippen molar-refractivity contribution in [1.82, 2.24) is 4.90 Å². The highest BCUT2D eigenvalue weighted by molar-refractivity contribution is 8.18. The molecule has 1 aliphatic heterocycles. The van der Waals surface area contributed by atoms with Crippen molar-refractivity contribution < 1.29 is 28.8 Å². The molecule has 9 nitrogen and oxygen atoms in total. The minimum Gasteiger partial charge on any atom is -0.493 e. The number of ether oxygens (including phenoxy) is 2. The lowest BCUT2D eigenvalue weighted by molar-refractivity contribution is -0.384. The molecule has 4 rings (SSSR count). The highest BCUT2D eigenvalue weighted by Gasteiger charge is 2.35. The molecular weight excluding hydrogens is 543 g/mol. The standard InChI is InChI=1S/C25H16Cl2N2O7S/c1-35-21-10-14(6-8-20(21)36-24(31)16-3-2-4-17(12-16)29(33)34)11-22-23(30)28(25(32)37-22)13-15-5-7-18(26)19(27)9-15/h2-12H,13H2,1H3/b22-11-. The number of nitro groups is 1. The lowest BCUT2D eigenvalue weighted by Crippen LogP contribution is -2.27. The van der Waals surface area contributed by atoms with Crippen LogP contribution < -0.4 is 9.47 Å². The fourth-order valence-corrected chi connectivity index (χ4v) is 4.53. The number of nitro benzene ring substituents is 1. The van der Waals surface area contributed by atoms with Gasteiger partial charge in [0.25, 0.3) is 16.8 Å². The molecule has 0 aromatic heterocycles. The van der Waals surface area contributed by atoms with Crippen LogP contribution in [0.15, 0.2) is 65.6 Å². The second-order valence-electron chi connectivity index (χ2n) is 7.62. The second kappa shape index (κ2) is 11.0. The van der Waals surface area contributed by atoms with Gasteiger partial charge in [-0.1, -0.05) is 41.4 Å². The van der Waals surface area contributed by atoms with E-state index in [2.05, 4.69) is 0 Å². The maximum Gasteiger partial charge on any atom is 0.343 e. The molecule has 37 heavy (non-hydrogen) atoms. The number of rotatable bonds is 7. The molecular formula is C25H16Cl2N2O7S. The first-order chi connectivity index (χ1) is 17.7. The van der Waals surface area contributed by atoms with Crippen LogP contribution in [0.2, 0.25) is 10.0 Å². The van der Waals surface area contributed by atoms with E-state index in [1.54, 1.807) is 24.3 Å². The van der Waals surface area contributed by atoms with E-state index in [1.807, 2.05) is 0 Å². The molecule has 1 saturated heterocycles. The molecule has 0 bridgehead atoms. The van der Waals surface area contributed by atoms with Crippen LogP contribution >= 0.6 is 35.0 Å². The van der Waals surface area contributed by atoms with Crippen LogP contribution in [0.25, 0.3) is 6.08 Å². The third-order valence-corrected chi connectivity index (χ3v) is 6.83. The molecule has 0 spiro atoms. The Kier molecular flexibility index (Phi) is 7.82. The van der Waals surface area contributed by atoms with E-state index in [9.17, 15) is 24.5 Å². The summed E-state index contributed by atoms with van der Waals surface area (Å²) in [7, 11) is 1.37. The minimum absolute atomic E-state index is 0.00372. The van der Waals surface area contributed by atoms with Gasteiger partial charge in [0.15, 0.2) is 11.5 Å². The molecule has 188 valence electrons. The Bertz CT molecular complexity index is 1480. The predicted molar refractivity (Wildman–Crippen MR) is 139 cm³/mol. The molecule has 1 aliphatic rings. The average molecular weight is 559 g/mol. The molecule has 3 aromatic carbocycles. The van der Waals surface area contributed by atoms with Gasteiger partial charge in [-0.3, -0.25) is 24.6 Å². The fourth-order valence-electron chi connectivity index (χ4n) is 3.37. The number of hydrogen-bond acceptors (Lipinski definition) is 8. The monoisotopic (exact) mass is 558 g/mol. The van der Waals surface area contributed by atoms with Crippen molar-refractivity contribution in [2.75, 3.05) is 7.11 Å². The van der Waals surface area contributed by atoms with Gasteiger partial charge in [-0.05, 0) is 59.3 Å². The number of halogens is 2. The van der Waals surface area contributed by atoms with Gasteiger partial charge in [0.2, 0.25) is 0 Å². The summed E-state index contributed by atoms with van der Waals surface area (Å²) in [4.78, 5) is 49.5. The third kappa shape index (κ3) is 5.93. The van der Waals surface area contributed by atoms with Crippen molar-refractivity contribution in [1.29, 1.82) is 0 Å². The minimum atomic E-state index is -0.807. The number of nitrogens with zero attached hydrogens (tertiary/aromatic N) is 2. The number of imide groups is 1. The number of thioether (sulfide) groups is 1. The van der Waals surface area contributed by atoms with E-state index < -0.39 is 22.0 Å². The zero-order chi connectivity index (χ0) is 26.7. The van der Waals surface area contributed by atoms with Gasteiger partial charge >= 0.3 is 5.97 Å². The summed E-state index contributed by atoms with van der Waals surface area (Å²) in [6.07, 6.45) is 1.52. The van der Waals surface area contributed by atoms with Gasteiger partial charge in [-0.25, -0.2) is 4.79 Å². The molecule has 0 radical (unpaired) electrons. The van der Waals surface area contributed by atoms with Crippen LogP contribution in [0.1, 0.15) is 21.5 Å². The van der Waals surface area contributed by atoms with Crippen LogP contribution in [0, 0.1) is 10.1 Å². The molecule has 3 aromatic rings. The molecule has 2 amide bonds. The molecule has 0 N–H and O–H groups in total. The smallest absolute Gasteiger partial charge is 0.343 e. The van der Waals surface area contributed by atoms with Crippen LogP contribution in [0.4, 0.5) is 10.5 Å². The summed E-state index contributed by atoms with van der Waals surface area (Å²) in [5, 5.41) is 11.2. The van der Waals surface area contributed by atoms with E-state index in [4.69, 9.17) is 32.7 Å². The van der Waals surface area contributed by atoms with Gasteiger partial charge in [-0.15, -0.1) is 0 Å². The normalized spacial score (nSPS) is 14.2. The topological polar surface area (TPSA) is 116 Å². The van der Waals surface area contributed by atoms with Crippen molar-refractivity contribution in [2.24, 2.45) is 0 Å². The zero-order valence-corrected chi connectivity index (χ0v) is 21.3. The Morgan fingerprint density at radius 3 is 2.54 bits per heavy atom. The number of non-ortho nitro benzene ring substituents is 1. The van der Waals surface area contributed by atoms with Crippen molar-refractivity contribution >= 4 is 63.8 Å². The summed E-state index contributed by atoms with van der Waals surface area (Å²) in [6.45, 7) is 0.0365. The van der Waals surface area contributed by atoms with Crippen molar-refractivity contribution in [3.8, 4) is 11.5 Å². The summed E-state index contributed by atoms with van der Waals surface area (Å²) >= 11 is 12.7. The Labute approximate surface area is 224 Å². The van der Waals surface area contributed by atoms with Crippen LogP contribution in [0.5, 0.6) is 11.5 Å². The van der Waals surface area contributed by atoms with Gasteiger partial charge in [0, 0.05) is 12.1 Å². The Morgan fingerprint density at radius 1 is 1.05 bits per heavy atom. The Balaban J connectivity index is 1.51. The summed E-state index contributed by atoms with van der Waals surface area (Å²) < 4.78 is 10.7. The van der Waals surface area contributed by atoms with E-state index >= 15 is 0 Å². The van der Waals surface area contributed by atoms with Crippen LogP contribution in [0.3, 0.4) is 0 Å². The quantitative estimate of drug-likeness (QED) is 0.108. The van der Waals surface area contributed by atoms with Crippen LogP contribution in [-0.2, 0) is 11.3 Å². The summed E-state index contributed by atoms with van der Waals surface area (Å²) in [5.41, 5.74) is 0.919. The molecule has 12 heteroatoms. The number of amides is 2. The van der Waals surface area contributed by atoms with E-state index in [1.165, 1.54) is 43.5 Å². The number of carbonyl (C=O) groups excluding carboxylic acids is 3. The number of esters is 1. The van der Waals surface area contributed by atoms with E-state index in [0.29, 0.717) is 21.2 Å². The number of methoxy groups -OCH3 is 1. The third-order valence-electron chi connectivity index (χ3n) is 5.18. The molecule has 0 aliphatic carbocycles. The first-order valence-corrected chi connectivity index (χ1v) is 12.1. The Morgan fingerprint density at radius 2 is 1.84 bits per heavy atom. The molecule has 1 heterocycles. The molecule has 0 atom stereocenters. The SMILES string of the molecule is COc1cc(/C=C2\SC(=O)N(Cc3ccc(Cl)c(Cl)c3)C2=O)ccc1OC(=O)c1cccc([N+](=O)[O-])c1. The highest BCUT2D eigenvalue weighted by Crippen LogP contribution is 2.36. The first kappa shape index (κ1) is 26.2. The summed E-state index contributed by atoms with van der Waals surface area (Å²) in [5.74, 6) is -1.02. The number of carbonyl (C=O) groups is 3. The molecule has 0 saturated carbocycles. The highest BCUT2D eigenvalue weighted by atomic mass is 35.5. The lowest BCUT2D eigenvalue weighted by Gasteiger charge is -2.13.